The van der Waals surface area contributed by atoms with Crippen molar-refractivity contribution in [3.05, 3.63) is 58.1 Å². The monoisotopic (exact) mass is 514 g/mol. The zero-order chi connectivity index (χ0) is 24.0. The number of hydroxylamine groups is 1. The van der Waals surface area contributed by atoms with Crippen LogP contribution >= 0.6 is 23.2 Å². The van der Waals surface area contributed by atoms with Crippen molar-refractivity contribution in [3.8, 4) is 5.75 Å². The minimum Gasteiger partial charge on any atom is -0.494 e. The Labute approximate surface area is 204 Å². The summed E-state index contributed by atoms with van der Waals surface area (Å²) in [6.45, 7) is 3.32. The molecule has 1 saturated heterocycles. The van der Waals surface area contributed by atoms with Gasteiger partial charge < -0.3 is 4.74 Å². The van der Waals surface area contributed by atoms with Gasteiger partial charge in [0.05, 0.1) is 21.5 Å². The van der Waals surface area contributed by atoms with Gasteiger partial charge in [-0.3, -0.25) is 14.9 Å². The molecule has 0 spiro atoms. The Morgan fingerprint density at radius 1 is 1.18 bits per heavy atom. The standard InChI is InChI=1S/C23H28Cl2N2O5S/c1-2-3-12-32-18-5-7-19(8-6-18)33(30,31)22-14-17(23(28)26-29)10-11-27(22)15-16-4-9-20(24)21(25)13-16/h4-9,13,17,22,29H,2-3,10-12,14-15H2,1H3,(H,26,28). The highest BCUT2D eigenvalue weighted by Gasteiger charge is 2.40. The van der Waals surface area contributed by atoms with Gasteiger partial charge in [-0.05, 0) is 61.2 Å². The smallest absolute Gasteiger partial charge is 0.246 e. The average molecular weight is 515 g/mol. The van der Waals surface area contributed by atoms with E-state index < -0.39 is 27.0 Å². The van der Waals surface area contributed by atoms with Crippen molar-refractivity contribution >= 4 is 38.9 Å². The quantitative estimate of drug-likeness (QED) is 0.286. The molecule has 1 fully saturated rings. The highest BCUT2D eigenvalue weighted by Crippen LogP contribution is 2.33. The topological polar surface area (TPSA) is 95.9 Å². The van der Waals surface area contributed by atoms with Gasteiger partial charge in [-0.15, -0.1) is 0 Å². The Morgan fingerprint density at radius 2 is 1.91 bits per heavy atom. The lowest BCUT2D eigenvalue weighted by Gasteiger charge is -2.38. The number of halogens is 2. The molecule has 1 heterocycles. The molecule has 1 aliphatic rings. The number of ether oxygens (including phenoxy) is 1. The molecule has 0 radical (unpaired) electrons. The summed E-state index contributed by atoms with van der Waals surface area (Å²) in [6.07, 6.45) is 2.40. The normalized spacial score (nSPS) is 19.3. The molecule has 7 nitrogen and oxygen atoms in total. The Bertz CT molecular complexity index is 1060. The number of unbranched alkanes of at least 4 members (excludes halogenated alkanes) is 1. The highest BCUT2D eigenvalue weighted by molar-refractivity contribution is 7.92. The number of rotatable bonds is 9. The van der Waals surface area contributed by atoms with E-state index in [1.165, 1.54) is 12.1 Å². The molecule has 1 amide bonds. The predicted octanol–water partition coefficient (Wildman–Crippen LogP) is 4.69. The van der Waals surface area contributed by atoms with E-state index in [4.69, 9.17) is 33.1 Å². The lowest BCUT2D eigenvalue weighted by atomic mass is 9.95. The van der Waals surface area contributed by atoms with Crippen LogP contribution in [0.5, 0.6) is 5.75 Å². The molecule has 0 saturated carbocycles. The van der Waals surface area contributed by atoms with E-state index in [1.807, 2.05) is 4.90 Å². The van der Waals surface area contributed by atoms with Crippen LogP contribution in [-0.2, 0) is 21.2 Å². The second-order valence-electron chi connectivity index (χ2n) is 8.09. The summed E-state index contributed by atoms with van der Waals surface area (Å²) < 4.78 is 32.9. The van der Waals surface area contributed by atoms with Gasteiger partial charge in [0.2, 0.25) is 5.91 Å². The predicted molar refractivity (Wildman–Crippen MR) is 127 cm³/mol. The zero-order valence-corrected chi connectivity index (χ0v) is 20.7. The second kappa shape index (κ2) is 11.5. The summed E-state index contributed by atoms with van der Waals surface area (Å²) in [6, 6.07) is 11.5. The van der Waals surface area contributed by atoms with Crippen molar-refractivity contribution in [2.75, 3.05) is 13.2 Å². The molecule has 2 atom stereocenters. The fourth-order valence-electron chi connectivity index (χ4n) is 3.90. The van der Waals surface area contributed by atoms with E-state index in [1.54, 1.807) is 35.8 Å². The molecule has 180 valence electrons. The van der Waals surface area contributed by atoms with Crippen LogP contribution in [0.25, 0.3) is 0 Å². The third-order valence-corrected chi connectivity index (χ3v) is 8.66. The van der Waals surface area contributed by atoms with E-state index >= 15 is 0 Å². The minimum absolute atomic E-state index is 0.0603. The summed E-state index contributed by atoms with van der Waals surface area (Å²) in [7, 11) is -3.82. The first-order valence-corrected chi connectivity index (χ1v) is 13.1. The number of hydrogen-bond acceptors (Lipinski definition) is 6. The van der Waals surface area contributed by atoms with Gasteiger partial charge in [-0.2, -0.15) is 0 Å². The number of benzene rings is 2. The molecule has 0 aromatic heterocycles. The number of carbonyl (C=O) groups is 1. The first-order chi connectivity index (χ1) is 15.8. The maximum Gasteiger partial charge on any atom is 0.246 e. The molecule has 3 rings (SSSR count). The first kappa shape index (κ1) is 25.8. The van der Waals surface area contributed by atoms with Gasteiger partial charge in [0, 0.05) is 19.0 Å². The van der Waals surface area contributed by atoms with Crippen molar-refractivity contribution in [2.45, 2.75) is 49.4 Å². The number of nitrogens with zero attached hydrogens (tertiary/aromatic N) is 1. The van der Waals surface area contributed by atoms with E-state index in [2.05, 4.69) is 6.92 Å². The van der Waals surface area contributed by atoms with Gasteiger partial charge in [-0.25, -0.2) is 13.9 Å². The molecule has 2 aromatic carbocycles. The average Bonchev–Trinajstić information content (AvgIpc) is 2.81. The molecule has 2 N–H and O–H groups in total. The number of piperidine rings is 1. The summed E-state index contributed by atoms with van der Waals surface area (Å²) in [5.74, 6) is -0.586. The highest BCUT2D eigenvalue weighted by atomic mass is 35.5. The van der Waals surface area contributed by atoms with Crippen molar-refractivity contribution in [2.24, 2.45) is 5.92 Å². The summed E-state index contributed by atoms with van der Waals surface area (Å²) in [5, 5.41) is 8.93. The second-order valence-corrected chi connectivity index (χ2v) is 11.0. The molecule has 0 bridgehead atoms. The Kier molecular flexibility index (Phi) is 9.01. The Balaban J connectivity index is 1.86. The van der Waals surface area contributed by atoms with Gasteiger partial charge in [-0.1, -0.05) is 42.6 Å². The van der Waals surface area contributed by atoms with Gasteiger partial charge >= 0.3 is 0 Å². The molecule has 33 heavy (non-hydrogen) atoms. The van der Waals surface area contributed by atoms with Crippen LogP contribution in [0.2, 0.25) is 10.0 Å². The lowest BCUT2D eigenvalue weighted by Crippen LogP contribution is -2.49. The van der Waals surface area contributed by atoms with E-state index in [9.17, 15) is 13.2 Å². The van der Waals surface area contributed by atoms with Crippen molar-refractivity contribution in [1.29, 1.82) is 0 Å². The third-order valence-electron chi connectivity index (χ3n) is 5.79. The van der Waals surface area contributed by atoms with Crippen LogP contribution in [0.15, 0.2) is 47.4 Å². The van der Waals surface area contributed by atoms with E-state index in [0.717, 1.165) is 18.4 Å². The summed E-state index contributed by atoms with van der Waals surface area (Å²) in [4.78, 5) is 14.0. The Hall–Kier alpha value is -1.84. The SMILES string of the molecule is CCCCOc1ccc(S(=O)(=O)C2CC(C(=O)NO)CCN2Cc2ccc(Cl)c(Cl)c2)cc1. The molecular weight excluding hydrogens is 487 g/mol. The van der Waals surface area contributed by atoms with Gasteiger partial charge in [0.1, 0.15) is 11.1 Å². The van der Waals surface area contributed by atoms with Crippen LogP contribution in [0.3, 0.4) is 0 Å². The maximum absolute atomic E-state index is 13.6. The number of sulfone groups is 1. The summed E-state index contributed by atoms with van der Waals surface area (Å²) in [5.41, 5.74) is 2.47. The van der Waals surface area contributed by atoms with Crippen LogP contribution < -0.4 is 10.2 Å². The van der Waals surface area contributed by atoms with Crippen LogP contribution in [0.1, 0.15) is 38.2 Å². The van der Waals surface area contributed by atoms with Gasteiger partial charge in [0.15, 0.2) is 9.84 Å². The van der Waals surface area contributed by atoms with Crippen LogP contribution in [0, 0.1) is 5.92 Å². The largest absolute Gasteiger partial charge is 0.494 e. The molecule has 2 aromatic rings. The maximum atomic E-state index is 13.6. The molecular formula is C23H28Cl2N2O5S. The van der Waals surface area contributed by atoms with Crippen molar-refractivity contribution in [1.82, 2.24) is 10.4 Å². The first-order valence-electron chi connectivity index (χ1n) is 10.8. The van der Waals surface area contributed by atoms with Gasteiger partial charge in [0.25, 0.3) is 0 Å². The summed E-state index contributed by atoms with van der Waals surface area (Å²) >= 11 is 12.1. The van der Waals surface area contributed by atoms with Crippen molar-refractivity contribution < 1.29 is 23.2 Å². The number of hydrogen-bond donors (Lipinski definition) is 2. The van der Waals surface area contributed by atoms with Crippen molar-refractivity contribution in [3.63, 3.8) is 0 Å². The van der Waals surface area contributed by atoms with E-state index in [-0.39, 0.29) is 11.3 Å². The van der Waals surface area contributed by atoms with E-state index in [0.29, 0.717) is 41.9 Å². The molecule has 0 aliphatic carbocycles. The molecule has 10 heteroatoms. The number of likely N-dealkylation sites (tertiary alicyclic amines) is 1. The lowest BCUT2D eigenvalue weighted by molar-refractivity contribution is -0.135. The van der Waals surface area contributed by atoms with Crippen LogP contribution in [0.4, 0.5) is 0 Å². The fraction of sp³-hybridized carbons (Fsp3) is 0.435. The third kappa shape index (κ3) is 6.39. The molecule has 2 unspecified atom stereocenters. The molecule has 1 aliphatic heterocycles. The fourth-order valence-corrected chi connectivity index (χ4v) is 6.11. The number of amides is 1. The van der Waals surface area contributed by atoms with Crippen LogP contribution in [-0.4, -0.2) is 43.0 Å². The minimum atomic E-state index is -3.82. The zero-order valence-electron chi connectivity index (χ0n) is 18.3. The number of carbonyl (C=O) groups excluding carboxylic acids is 1. The Morgan fingerprint density at radius 3 is 2.55 bits per heavy atom. The number of nitrogens with one attached hydrogen (secondary N) is 1.